The summed E-state index contributed by atoms with van der Waals surface area (Å²) in [5, 5.41) is 8.82. The molecule has 2 aromatic rings. The third-order valence-electron chi connectivity index (χ3n) is 3.49. The van der Waals surface area contributed by atoms with E-state index in [1.54, 1.807) is 6.07 Å². The highest BCUT2D eigenvalue weighted by atomic mass is 16.5. The van der Waals surface area contributed by atoms with Crippen LogP contribution >= 0.6 is 0 Å². The van der Waals surface area contributed by atoms with Crippen LogP contribution < -0.4 is 10.5 Å². The van der Waals surface area contributed by atoms with Crippen LogP contribution in [0.5, 0.6) is 11.5 Å². The van der Waals surface area contributed by atoms with E-state index in [4.69, 9.17) is 15.7 Å². The average molecular weight is 280 g/mol. The molecule has 21 heavy (non-hydrogen) atoms. The number of ether oxygens (including phenoxy) is 1. The van der Waals surface area contributed by atoms with E-state index in [1.165, 1.54) is 5.56 Å². The summed E-state index contributed by atoms with van der Waals surface area (Å²) in [5.41, 5.74) is 9.60. The molecule has 0 fully saturated rings. The molecule has 3 heteroatoms. The van der Waals surface area contributed by atoms with Crippen molar-refractivity contribution in [3.05, 3.63) is 53.1 Å². The van der Waals surface area contributed by atoms with Crippen molar-refractivity contribution in [2.45, 2.75) is 33.1 Å². The topological polar surface area (TPSA) is 59.0 Å². The minimum absolute atomic E-state index is 0.286. The summed E-state index contributed by atoms with van der Waals surface area (Å²) in [7, 11) is 0. The van der Waals surface area contributed by atoms with Gasteiger partial charge in [0.15, 0.2) is 0 Å². The molecule has 0 radical (unpaired) electrons. The Labute approximate surface area is 126 Å². The van der Waals surface area contributed by atoms with Gasteiger partial charge in [-0.25, -0.2) is 0 Å². The molecule has 0 aromatic heterocycles. The van der Waals surface area contributed by atoms with Gasteiger partial charge in [0.2, 0.25) is 0 Å². The zero-order valence-corrected chi connectivity index (χ0v) is 12.7. The predicted octanol–water partition coefficient (Wildman–Crippen LogP) is 4.56. The summed E-state index contributed by atoms with van der Waals surface area (Å²) in [6.07, 6.45) is 0.286. The molecule has 0 aliphatic rings. The van der Waals surface area contributed by atoms with Gasteiger partial charge in [0.05, 0.1) is 12.5 Å². The van der Waals surface area contributed by atoms with E-state index in [0.29, 0.717) is 17.4 Å². The van der Waals surface area contributed by atoms with Gasteiger partial charge in [0.25, 0.3) is 0 Å². The highest BCUT2D eigenvalue weighted by molar-refractivity contribution is 5.52. The molecule has 0 atom stereocenters. The smallest absolute Gasteiger partial charge is 0.130 e. The van der Waals surface area contributed by atoms with E-state index in [1.807, 2.05) is 19.1 Å². The van der Waals surface area contributed by atoms with E-state index in [2.05, 4.69) is 38.1 Å². The second-order valence-corrected chi connectivity index (χ2v) is 5.48. The van der Waals surface area contributed by atoms with Gasteiger partial charge in [-0.05, 0) is 53.8 Å². The molecule has 0 aliphatic carbocycles. The van der Waals surface area contributed by atoms with Crippen molar-refractivity contribution in [1.29, 1.82) is 5.26 Å². The third kappa shape index (κ3) is 3.55. The lowest BCUT2D eigenvalue weighted by Crippen LogP contribution is -1.96. The second kappa shape index (κ2) is 6.32. The van der Waals surface area contributed by atoms with Crippen molar-refractivity contribution in [1.82, 2.24) is 0 Å². The van der Waals surface area contributed by atoms with Crippen LogP contribution in [0.25, 0.3) is 0 Å². The van der Waals surface area contributed by atoms with Crippen molar-refractivity contribution in [2.24, 2.45) is 0 Å². The lowest BCUT2D eigenvalue weighted by atomic mass is 10.0. The van der Waals surface area contributed by atoms with Crippen LogP contribution in [0.4, 0.5) is 5.69 Å². The first-order valence-corrected chi connectivity index (χ1v) is 7.05. The first kappa shape index (κ1) is 14.9. The van der Waals surface area contributed by atoms with Crippen LogP contribution in [-0.4, -0.2) is 0 Å². The number of nitrogens with zero attached hydrogens (tertiary/aromatic N) is 1. The average Bonchev–Trinajstić information content (AvgIpc) is 2.45. The van der Waals surface area contributed by atoms with Gasteiger partial charge in [-0.1, -0.05) is 26.0 Å². The first-order chi connectivity index (χ1) is 10.0. The molecule has 3 nitrogen and oxygen atoms in total. The fourth-order valence-electron chi connectivity index (χ4n) is 2.10. The molecule has 0 spiro atoms. The Morgan fingerprint density at radius 2 is 1.95 bits per heavy atom. The number of nitrogen functional groups attached to an aromatic ring is 1. The second-order valence-electron chi connectivity index (χ2n) is 5.48. The molecule has 2 N–H and O–H groups in total. The van der Waals surface area contributed by atoms with Gasteiger partial charge in [-0.3, -0.25) is 0 Å². The minimum Gasteiger partial charge on any atom is -0.457 e. The van der Waals surface area contributed by atoms with Crippen LogP contribution in [0, 0.1) is 18.3 Å². The van der Waals surface area contributed by atoms with E-state index < -0.39 is 0 Å². The van der Waals surface area contributed by atoms with E-state index in [9.17, 15) is 0 Å². The normalized spacial score (nSPS) is 10.4. The summed E-state index contributed by atoms with van der Waals surface area (Å²) in [4.78, 5) is 0. The standard InChI is InChI=1S/C18H20N2O/c1-12(2)14-5-4-13(3)18(11-14)21-16-6-7-17(20)15(10-16)8-9-19/h4-7,10-12H,8,20H2,1-3H3. The molecular formula is C18H20N2O. The Morgan fingerprint density at radius 3 is 2.62 bits per heavy atom. The number of benzene rings is 2. The SMILES string of the molecule is Cc1ccc(C(C)C)cc1Oc1ccc(N)c(CC#N)c1. The quantitative estimate of drug-likeness (QED) is 0.835. The highest BCUT2D eigenvalue weighted by Gasteiger charge is 2.07. The Hall–Kier alpha value is -2.47. The Morgan fingerprint density at radius 1 is 1.19 bits per heavy atom. The van der Waals surface area contributed by atoms with Crippen molar-refractivity contribution in [2.75, 3.05) is 5.73 Å². The van der Waals surface area contributed by atoms with Crippen LogP contribution in [0.3, 0.4) is 0 Å². The lowest BCUT2D eigenvalue weighted by Gasteiger charge is -2.13. The van der Waals surface area contributed by atoms with Gasteiger partial charge < -0.3 is 10.5 Å². The highest BCUT2D eigenvalue weighted by Crippen LogP contribution is 2.30. The van der Waals surface area contributed by atoms with Crippen molar-refractivity contribution < 1.29 is 4.74 Å². The van der Waals surface area contributed by atoms with Gasteiger partial charge >= 0.3 is 0 Å². The summed E-state index contributed by atoms with van der Waals surface area (Å²) >= 11 is 0. The Bertz CT molecular complexity index is 684. The number of anilines is 1. The molecule has 0 unspecified atom stereocenters. The fraction of sp³-hybridized carbons (Fsp3) is 0.278. The maximum absolute atomic E-state index is 8.82. The number of rotatable bonds is 4. The van der Waals surface area contributed by atoms with Gasteiger partial charge in [-0.2, -0.15) is 5.26 Å². The van der Waals surface area contributed by atoms with Crippen LogP contribution in [0.15, 0.2) is 36.4 Å². The molecule has 2 rings (SSSR count). The van der Waals surface area contributed by atoms with Gasteiger partial charge in [0.1, 0.15) is 11.5 Å². The van der Waals surface area contributed by atoms with Crippen molar-refractivity contribution >= 4 is 5.69 Å². The molecular weight excluding hydrogens is 260 g/mol. The predicted molar refractivity (Wildman–Crippen MR) is 85.5 cm³/mol. The zero-order chi connectivity index (χ0) is 15.4. The van der Waals surface area contributed by atoms with E-state index >= 15 is 0 Å². The molecule has 0 heterocycles. The maximum atomic E-state index is 8.82. The molecule has 0 bridgehead atoms. The van der Waals surface area contributed by atoms with E-state index in [-0.39, 0.29) is 6.42 Å². The fourth-order valence-corrected chi connectivity index (χ4v) is 2.10. The summed E-state index contributed by atoms with van der Waals surface area (Å²) in [5.74, 6) is 2.00. The number of hydrogen-bond donors (Lipinski definition) is 1. The molecule has 0 saturated heterocycles. The zero-order valence-electron chi connectivity index (χ0n) is 12.7. The Balaban J connectivity index is 2.32. The van der Waals surface area contributed by atoms with E-state index in [0.717, 1.165) is 16.9 Å². The molecule has 0 aliphatic heterocycles. The van der Waals surface area contributed by atoms with Crippen LogP contribution in [0.2, 0.25) is 0 Å². The number of nitrogens with two attached hydrogens (primary N) is 1. The van der Waals surface area contributed by atoms with Crippen LogP contribution in [-0.2, 0) is 6.42 Å². The minimum atomic E-state index is 0.286. The number of hydrogen-bond acceptors (Lipinski definition) is 3. The van der Waals surface area contributed by atoms with Crippen molar-refractivity contribution in [3.8, 4) is 17.6 Å². The summed E-state index contributed by atoms with van der Waals surface area (Å²) in [6, 6.07) is 13.8. The lowest BCUT2D eigenvalue weighted by molar-refractivity contribution is 0.477. The third-order valence-corrected chi connectivity index (χ3v) is 3.49. The van der Waals surface area contributed by atoms with Gasteiger partial charge in [0, 0.05) is 5.69 Å². The molecule has 2 aromatic carbocycles. The van der Waals surface area contributed by atoms with Crippen LogP contribution in [0.1, 0.15) is 36.5 Å². The maximum Gasteiger partial charge on any atom is 0.130 e. The van der Waals surface area contributed by atoms with Gasteiger partial charge in [-0.15, -0.1) is 0 Å². The largest absolute Gasteiger partial charge is 0.457 e. The number of nitriles is 1. The molecule has 0 saturated carbocycles. The van der Waals surface area contributed by atoms with Crippen molar-refractivity contribution in [3.63, 3.8) is 0 Å². The number of aryl methyl sites for hydroxylation is 1. The molecule has 108 valence electrons. The Kier molecular flexibility index (Phi) is 4.49. The monoisotopic (exact) mass is 280 g/mol. The first-order valence-electron chi connectivity index (χ1n) is 7.05. The molecule has 0 amide bonds. The summed E-state index contributed by atoms with van der Waals surface area (Å²) < 4.78 is 5.98. The summed E-state index contributed by atoms with van der Waals surface area (Å²) in [6.45, 7) is 6.33.